The second kappa shape index (κ2) is 35.9. The summed E-state index contributed by atoms with van der Waals surface area (Å²) in [7, 11) is 0. The number of carbonyl (C=O) groups excluding carboxylic acids is 5. The molecule has 29 nitrogen and oxygen atoms in total. The average molecular weight is 1400 g/mol. The fourth-order valence-electron chi connectivity index (χ4n) is 11.8. The molecule has 13 rings (SSSR count). The summed E-state index contributed by atoms with van der Waals surface area (Å²) in [5.74, 6) is 1.65. The number of aromatic nitrogens is 12. The van der Waals surface area contributed by atoms with Crippen LogP contribution in [-0.2, 0) is 38.2 Å². The molecule has 5 aliphatic heterocycles. The first kappa shape index (κ1) is 72.3. The van der Waals surface area contributed by atoms with Gasteiger partial charge in [-0.3, -0.25) is 24.0 Å². The Kier molecular flexibility index (Phi) is 26.8. The number of amides is 2. The van der Waals surface area contributed by atoms with E-state index in [0.29, 0.717) is 67.1 Å². The van der Waals surface area contributed by atoms with Gasteiger partial charge in [0.2, 0.25) is 28.3 Å². The predicted octanol–water partition coefficient (Wildman–Crippen LogP) is 8.26. The van der Waals surface area contributed by atoms with Crippen molar-refractivity contribution < 1.29 is 38.2 Å². The summed E-state index contributed by atoms with van der Waals surface area (Å²) in [6, 6.07) is 16.0. The van der Waals surface area contributed by atoms with E-state index in [0.717, 1.165) is 164 Å². The fraction of sp³-hybridized carbons (Fsp3) is 0.508. The molecule has 7 N–H and O–H groups in total. The molecule has 0 spiro atoms. The van der Waals surface area contributed by atoms with E-state index in [2.05, 4.69) is 99.2 Å². The number of unbranched alkanes of at least 4 members (excludes halogenated alkanes) is 1. The van der Waals surface area contributed by atoms with Crippen LogP contribution < -0.4 is 36.0 Å². The van der Waals surface area contributed by atoms with Gasteiger partial charge in [-0.15, -0.1) is 0 Å². The van der Waals surface area contributed by atoms with Crippen molar-refractivity contribution in [2.45, 2.75) is 86.0 Å². The van der Waals surface area contributed by atoms with E-state index in [1.165, 1.54) is 12.0 Å². The Hall–Kier alpha value is -8.93. The van der Waals surface area contributed by atoms with Crippen LogP contribution in [0.15, 0.2) is 67.5 Å². The summed E-state index contributed by atoms with van der Waals surface area (Å²) < 4.78 is 15.5. The SMILES string of the molecule is CC(=O)N1CCN(c2ccc(N)cc2)CC1.CCCCOC(=O)C1CCCN(c2nc(Nc3ccc(N4CCN(C(C)=O)CC4)cc3)nc3nc[nH]c23)C1.CCOC(=O)C1CCCN(c2nc(Cl)nc3nc[nH]c23)C1.CCOC(=O)C1CCCNC1.Clc1nc(Cl)c2[nH]cnc2n1. The van der Waals surface area contributed by atoms with E-state index in [1.807, 2.05) is 64.9 Å². The van der Waals surface area contributed by atoms with E-state index in [9.17, 15) is 24.0 Å². The maximum absolute atomic E-state index is 12.6. The first-order chi connectivity index (χ1) is 47.0. The van der Waals surface area contributed by atoms with Crippen molar-refractivity contribution in [2.24, 2.45) is 17.8 Å². The topological polar surface area (TPSA) is 346 Å². The molecule has 0 saturated carbocycles. The highest BCUT2D eigenvalue weighted by Gasteiger charge is 2.32. The Balaban J connectivity index is 0.000000157. The molecule has 2 amide bonds. The molecule has 520 valence electrons. The van der Waals surface area contributed by atoms with Crippen LogP contribution in [0.2, 0.25) is 15.7 Å². The lowest BCUT2D eigenvalue weighted by molar-refractivity contribution is -0.149. The third-order valence-corrected chi connectivity index (χ3v) is 17.6. The number of anilines is 7. The molecule has 8 aromatic rings. The van der Waals surface area contributed by atoms with Gasteiger partial charge in [0.05, 0.1) is 56.6 Å². The number of hydrogen-bond donors (Lipinski definition) is 6. The smallest absolute Gasteiger partial charge is 0.310 e. The molecule has 3 atom stereocenters. The summed E-state index contributed by atoms with van der Waals surface area (Å²) in [5.41, 5.74) is 13.3. The molecule has 5 aliphatic rings. The molecule has 5 saturated heterocycles. The lowest BCUT2D eigenvalue weighted by Crippen LogP contribution is -2.48. The number of piperazine rings is 2. The number of aromatic amines is 3. The zero-order chi connectivity index (χ0) is 68.8. The second-order valence-corrected chi connectivity index (χ2v) is 24.7. The van der Waals surface area contributed by atoms with E-state index in [1.54, 1.807) is 26.5 Å². The maximum Gasteiger partial charge on any atom is 0.310 e. The van der Waals surface area contributed by atoms with Crippen LogP contribution in [0.3, 0.4) is 0 Å². The Morgan fingerprint density at radius 3 is 1.51 bits per heavy atom. The number of H-pyrrole nitrogens is 3. The third kappa shape index (κ3) is 20.3. The van der Waals surface area contributed by atoms with Crippen molar-refractivity contribution in [2.75, 3.05) is 142 Å². The molecule has 97 heavy (non-hydrogen) atoms. The minimum atomic E-state index is -0.171. The average Bonchev–Trinajstić information content (AvgIpc) is 1.77. The molecule has 5 fully saturated rings. The van der Waals surface area contributed by atoms with Gasteiger partial charge in [-0.2, -0.15) is 24.9 Å². The van der Waals surface area contributed by atoms with Crippen molar-refractivity contribution in [3.63, 3.8) is 0 Å². The Morgan fingerprint density at radius 2 is 1.00 bits per heavy atom. The van der Waals surface area contributed by atoms with Crippen molar-refractivity contribution in [1.82, 2.24) is 74.9 Å². The van der Waals surface area contributed by atoms with Gasteiger partial charge < -0.3 is 74.9 Å². The Labute approximate surface area is 577 Å². The minimum Gasteiger partial charge on any atom is -0.466 e. The highest BCUT2D eigenvalue weighted by molar-refractivity contribution is 6.35. The van der Waals surface area contributed by atoms with Crippen LogP contribution in [0.25, 0.3) is 33.5 Å². The summed E-state index contributed by atoms with van der Waals surface area (Å²) in [6.45, 7) is 21.4. The molecule has 2 aromatic carbocycles. The van der Waals surface area contributed by atoms with Gasteiger partial charge in [-0.1, -0.05) is 24.9 Å². The number of esters is 3. The third-order valence-electron chi connectivity index (χ3n) is 17.0. The monoisotopic (exact) mass is 1390 g/mol. The van der Waals surface area contributed by atoms with Crippen LogP contribution >= 0.6 is 34.8 Å². The highest BCUT2D eigenvalue weighted by Crippen LogP contribution is 2.32. The van der Waals surface area contributed by atoms with Crippen LogP contribution in [0, 0.1) is 17.8 Å². The number of nitrogens with one attached hydrogen (secondary N) is 5. The zero-order valence-electron chi connectivity index (χ0n) is 55.4. The van der Waals surface area contributed by atoms with Gasteiger partial charge in [-0.05, 0) is 137 Å². The molecule has 0 aliphatic carbocycles. The number of halogens is 3. The van der Waals surface area contributed by atoms with E-state index >= 15 is 0 Å². The van der Waals surface area contributed by atoms with E-state index < -0.39 is 0 Å². The molecular weight excluding hydrogens is 1310 g/mol. The summed E-state index contributed by atoms with van der Waals surface area (Å²) in [4.78, 5) is 118. The number of fused-ring (bicyclic) bond motifs is 3. The van der Waals surface area contributed by atoms with Crippen molar-refractivity contribution in [3.05, 3.63) is 83.2 Å². The number of benzene rings is 2. The van der Waals surface area contributed by atoms with Gasteiger partial charge in [0.25, 0.3) is 0 Å². The number of nitrogens with two attached hydrogens (primary N) is 1. The number of imidazole rings is 3. The van der Waals surface area contributed by atoms with Crippen molar-refractivity contribution in [1.29, 1.82) is 0 Å². The number of piperidine rings is 3. The van der Waals surface area contributed by atoms with Gasteiger partial charge >= 0.3 is 17.9 Å². The van der Waals surface area contributed by atoms with E-state index in [4.69, 9.17) is 59.7 Å². The number of nitrogen functional groups attached to an aromatic ring is 1. The minimum absolute atomic E-state index is 0.0419. The van der Waals surface area contributed by atoms with Gasteiger partial charge in [0, 0.05) is 122 Å². The zero-order valence-corrected chi connectivity index (χ0v) is 57.7. The highest BCUT2D eigenvalue weighted by atomic mass is 35.5. The summed E-state index contributed by atoms with van der Waals surface area (Å²) >= 11 is 17.2. The molecule has 6 aromatic heterocycles. The Bertz CT molecular complexity index is 3860. The van der Waals surface area contributed by atoms with Crippen LogP contribution in [0.4, 0.5) is 40.3 Å². The van der Waals surface area contributed by atoms with Gasteiger partial charge in [0.1, 0.15) is 16.6 Å². The molecule has 11 heterocycles. The first-order valence-corrected chi connectivity index (χ1v) is 34.2. The number of hydrogen-bond acceptors (Lipinski definition) is 24. The summed E-state index contributed by atoms with van der Waals surface area (Å²) in [6.07, 6.45) is 12.1. The van der Waals surface area contributed by atoms with Crippen LogP contribution in [-0.4, -0.2) is 211 Å². The van der Waals surface area contributed by atoms with E-state index in [-0.39, 0.29) is 63.2 Å². The number of carbonyl (C=O) groups is 5. The van der Waals surface area contributed by atoms with Crippen molar-refractivity contribution in [3.8, 4) is 0 Å². The second-order valence-electron chi connectivity index (χ2n) is 23.7. The predicted molar refractivity (Wildman–Crippen MR) is 374 cm³/mol. The lowest BCUT2D eigenvalue weighted by Gasteiger charge is -2.35. The molecule has 32 heteroatoms. The molecule has 3 unspecified atom stereocenters. The van der Waals surface area contributed by atoms with Gasteiger partial charge in [-0.25, -0.2) is 19.9 Å². The van der Waals surface area contributed by atoms with Crippen LogP contribution in [0.5, 0.6) is 0 Å². The first-order valence-electron chi connectivity index (χ1n) is 33.0. The lowest BCUT2D eigenvalue weighted by atomic mass is 9.98. The Morgan fingerprint density at radius 1 is 0.536 bits per heavy atom. The largest absolute Gasteiger partial charge is 0.466 e. The fourth-order valence-corrected chi connectivity index (χ4v) is 12.3. The van der Waals surface area contributed by atoms with Gasteiger partial charge in [0.15, 0.2) is 33.7 Å². The number of rotatable bonds is 14. The normalized spacial score (nSPS) is 17.9. The number of nitrogens with zero attached hydrogens (tertiary/aromatic N) is 15. The molecule has 0 bridgehead atoms. The summed E-state index contributed by atoms with van der Waals surface area (Å²) in [5, 5.41) is 7.04. The molecular formula is C65H86Cl3N21O8. The quantitative estimate of drug-likeness (QED) is 0.0149. The van der Waals surface area contributed by atoms with Crippen LogP contribution in [0.1, 0.15) is 86.0 Å². The maximum atomic E-state index is 12.6. The standard InChI is InChI=1S/C27H36N8O3.C13H16ClN5O2.C12H17N3O.C8H15NO2.C5H2Cl2N4/c1-3-4-16-38-26(37)20-6-5-11-35(17-20)25-23-24(29-18-28-23)31-27(32-25)30-21-7-9-22(10-8-21)34-14-12-33(13-15-34)19(2)36;1-2-21-12(20)8-4-3-5-19(6-8)11-9-10(16-7-15-9)17-13(14)18-11;1-10(16)14-6-8-15(9-7-14)12-4-2-11(13)3-5-12;1-2-11-8(10)7-4-3-5-9-6-7;6-3-2-4(9-1-8-2)11-5(7)10-3/h7-10,18,20H,3-6,11-17H2,1-2H3,(H2,28,29,30,31,32);7-8H,2-6H2,1H3,(H,15,16,17,18);2-5H,6-9,13H2,1H3;7,9H,2-6H2,1H3;1H,(H,8,9,10,11). The number of ether oxygens (including phenoxy) is 3. The van der Waals surface area contributed by atoms with Crippen molar-refractivity contribution >= 4 is 138 Å². The molecule has 0 radical (unpaired) electrons.